The second-order valence-electron chi connectivity index (χ2n) is 3.31. The lowest BCUT2D eigenvalue weighted by atomic mass is 10.1. The molecule has 0 atom stereocenters. The normalized spacial score (nSPS) is 9.29. The Morgan fingerprint density at radius 2 is 1.93 bits per heavy atom. The van der Waals surface area contributed by atoms with Crippen LogP contribution >= 0.6 is 0 Å². The molecule has 0 aliphatic rings. The second-order valence-corrected chi connectivity index (χ2v) is 3.31. The second kappa shape index (κ2) is 6.23. The van der Waals surface area contributed by atoms with Crippen LogP contribution in [0.5, 0.6) is 0 Å². The van der Waals surface area contributed by atoms with E-state index >= 15 is 0 Å². The highest BCUT2D eigenvalue weighted by Gasteiger charge is 1.91. The lowest BCUT2D eigenvalue weighted by Crippen LogP contribution is -1.93. The van der Waals surface area contributed by atoms with Gasteiger partial charge in [-0.3, -0.25) is 0 Å². The molecule has 0 fully saturated rings. The Morgan fingerprint density at radius 1 is 1.21 bits per heavy atom. The Hall–Kier alpha value is -1.26. The van der Waals surface area contributed by atoms with E-state index in [1.807, 2.05) is 0 Å². The van der Waals surface area contributed by atoms with Crippen LogP contribution in [0, 0.1) is 11.8 Å². The number of benzene rings is 1. The van der Waals surface area contributed by atoms with Gasteiger partial charge in [0.15, 0.2) is 0 Å². The van der Waals surface area contributed by atoms with Crippen molar-refractivity contribution in [2.45, 2.75) is 26.2 Å². The van der Waals surface area contributed by atoms with Crippen molar-refractivity contribution in [1.82, 2.24) is 0 Å². The van der Waals surface area contributed by atoms with E-state index in [2.05, 4.69) is 43.0 Å². The summed E-state index contributed by atoms with van der Waals surface area (Å²) >= 11 is 0. The molecule has 0 heterocycles. The highest BCUT2D eigenvalue weighted by atomic mass is 14.5. The molecule has 2 N–H and O–H groups in total. The van der Waals surface area contributed by atoms with E-state index < -0.39 is 0 Å². The van der Waals surface area contributed by atoms with Crippen LogP contribution in [0.25, 0.3) is 0 Å². The fourth-order valence-electron chi connectivity index (χ4n) is 1.29. The third kappa shape index (κ3) is 3.64. The number of unbranched alkanes of at least 4 members (excludes halogenated alkanes) is 1. The van der Waals surface area contributed by atoms with Gasteiger partial charge in [-0.25, -0.2) is 0 Å². The lowest BCUT2D eigenvalue weighted by Gasteiger charge is -1.98. The Kier molecular flexibility index (Phi) is 4.82. The summed E-state index contributed by atoms with van der Waals surface area (Å²) in [7, 11) is 0. The smallest absolute Gasteiger partial charge is 0.0555 e. The molecule has 0 spiro atoms. The lowest BCUT2D eigenvalue weighted by molar-refractivity contribution is 0.795. The summed E-state index contributed by atoms with van der Waals surface area (Å²) < 4.78 is 0. The van der Waals surface area contributed by atoms with Gasteiger partial charge in [0.2, 0.25) is 0 Å². The van der Waals surface area contributed by atoms with Crippen LogP contribution in [0.2, 0.25) is 0 Å². The highest BCUT2D eigenvalue weighted by Crippen LogP contribution is 2.06. The SMILES string of the molecule is CCCCc1ccc(C#CCN)cc1. The van der Waals surface area contributed by atoms with E-state index in [0.29, 0.717) is 6.54 Å². The minimum atomic E-state index is 0.428. The van der Waals surface area contributed by atoms with Crippen LogP contribution in [0.4, 0.5) is 0 Å². The molecule has 0 aromatic heterocycles. The zero-order chi connectivity index (χ0) is 10.2. The number of rotatable bonds is 3. The van der Waals surface area contributed by atoms with Crippen molar-refractivity contribution in [3.63, 3.8) is 0 Å². The number of hydrogen-bond donors (Lipinski definition) is 1. The van der Waals surface area contributed by atoms with Gasteiger partial charge in [-0.2, -0.15) is 0 Å². The monoisotopic (exact) mass is 187 g/mol. The van der Waals surface area contributed by atoms with Gasteiger partial charge >= 0.3 is 0 Å². The molecule has 1 aromatic rings. The predicted octanol–water partition coefficient (Wildman–Crippen LogP) is 2.34. The van der Waals surface area contributed by atoms with Gasteiger partial charge in [0, 0.05) is 5.56 Å². The fraction of sp³-hybridized carbons (Fsp3) is 0.385. The van der Waals surface area contributed by atoms with Gasteiger partial charge < -0.3 is 5.73 Å². The Bertz CT molecular complexity index is 313. The van der Waals surface area contributed by atoms with Crippen molar-refractivity contribution in [3.05, 3.63) is 35.4 Å². The summed E-state index contributed by atoms with van der Waals surface area (Å²) in [6, 6.07) is 8.42. The molecule has 1 nitrogen and oxygen atoms in total. The fourth-order valence-corrected chi connectivity index (χ4v) is 1.29. The largest absolute Gasteiger partial charge is 0.320 e. The third-order valence-corrected chi connectivity index (χ3v) is 2.11. The molecule has 0 aliphatic heterocycles. The van der Waals surface area contributed by atoms with Gasteiger partial charge in [0.1, 0.15) is 0 Å². The van der Waals surface area contributed by atoms with Crippen molar-refractivity contribution in [3.8, 4) is 11.8 Å². The quantitative estimate of drug-likeness (QED) is 0.722. The zero-order valence-electron chi connectivity index (χ0n) is 8.72. The highest BCUT2D eigenvalue weighted by molar-refractivity contribution is 5.36. The minimum absolute atomic E-state index is 0.428. The molecule has 0 amide bonds. The van der Waals surface area contributed by atoms with E-state index in [1.165, 1.54) is 24.8 Å². The van der Waals surface area contributed by atoms with Gasteiger partial charge in [0.05, 0.1) is 6.54 Å². The maximum atomic E-state index is 5.30. The van der Waals surface area contributed by atoms with Crippen molar-refractivity contribution in [2.24, 2.45) is 5.73 Å². The summed E-state index contributed by atoms with van der Waals surface area (Å²) in [5.41, 5.74) is 7.74. The molecule has 0 saturated carbocycles. The molecular weight excluding hydrogens is 170 g/mol. The molecule has 0 unspecified atom stereocenters. The van der Waals surface area contributed by atoms with Crippen molar-refractivity contribution >= 4 is 0 Å². The van der Waals surface area contributed by atoms with Crippen molar-refractivity contribution in [2.75, 3.05) is 6.54 Å². The first-order chi connectivity index (χ1) is 6.86. The first-order valence-corrected chi connectivity index (χ1v) is 5.14. The van der Waals surface area contributed by atoms with Gasteiger partial charge in [-0.15, -0.1) is 0 Å². The molecule has 74 valence electrons. The van der Waals surface area contributed by atoms with Crippen LogP contribution in [-0.4, -0.2) is 6.54 Å². The Morgan fingerprint density at radius 3 is 2.50 bits per heavy atom. The zero-order valence-corrected chi connectivity index (χ0v) is 8.72. The van der Waals surface area contributed by atoms with Gasteiger partial charge in [-0.05, 0) is 30.5 Å². The van der Waals surface area contributed by atoms with E-state index in [4.69, 9.17) is 5.73 Å². The van der Waals surface area contributed by atoms with Gasteiger partial charge in [-0.1, -0.05) is 37.3 Å². The minimum Gasteiger partial charge on any atom is -0.320 e. The topological polar surface area (TPSA) is 26.0 Å². The van der Waals surface area contributed by atoms with Crippen LogP contribution in [0.1, 0.15) is 30.9 Å². The molecular formula is C13H17N. The first kappa shape index (κ1) is 10.8. The Balaban J connectivity index is 2.59. The number of hydrogen-bond acceptors (Lipinski definition) is 1. The maximum Gasteiger partial charge on any atom is 0.0555 e. The van der Waals surface area contributed by atoms with Crippen molar-refractivity contribution < 1.29 is 0 Å². The van der Waals surface area contributed by atoms with Crippen molar-refractivity contribution in [1.29, 1.82) is 0 Å². The van der Waals surface area contributed by atoms with E-state index in [9.17, 15) is 0 Å². The third-order valence-electron chi connectivity index (χ3n) is 2.11. The summed E-state index contributed by atoms with van der Waals surface area (Å²) in [6.45, 7) is 2.64. The van der Waals surface area contributed by atoms with E-state index in [1.54, 1.807) is 0 Å². The summed E-state index contributed by atoms with van der Waals surface area (Å²) in [4.78, 5) is 0. The number of nitrogens with two attached hydrogens (primary N) is 1. The summed E-state index contributed by atoms with van der Waals surface area (Å²) in [5, 5.41) is 0. The van der Waals surface area contributed by atoms with E-state index in [0.717, 1.165) is 5.56 Å². The van der Waals surface area contributed by atoms with Crippen LogP contribution in [0.3, 0.4) is 0 Å². The molecule has 0 aliphatic carbocycles. The van der Waals surface area contributed by atoms with Gasteiger partial charge in [0.25, 0.3) is 0 Å². The first-order valence-electron chi connectivity index (χ1n) is 5.14. The molecule has 0 radical (unpaired) electrons. The molecule has 1 rings (SSSR count). The molecule has 0 bridgehead atoms. The standard InChI is InChI=1S/C13H17N/c1-2-3-5-12-7-9-13(10-8-12)6-4-11-14/h7-10H,2-3,5,11,14H2,1H3. The summed E-state index contributed by atoms with van der Waals surface area (Å²) in [6.07, 6.45) is 3.67. The van der Waals surface area contributed by atoms with Crippen LogP contribution in [0.15, 0.2) is 24.3 Å². The average molecular weight is 187 g/mol. The van der Waals surface area contributed by atoms with Crippen LogP contribution in [-0.2, 0) is 6.42 Å². The Labute approximate surface area is 86.3 Å². The van der Waals surface area contributed by atoms with Crippen LogP contribution < -0.4 is 5.73 Å². The average Bonchev–Trinajstić information content (AvgIpc) is 2.25. The molecule has 14 heavy (non-hydrogen) atoms. The van der Waals surface area contributed by atoms with E-state index in [-0.39, 0.29) is 0 Å². The number of aryl methyl sites for hydroxylation is 1. The molecule has 1 aromatic carbocycles. The molecule has 0 saturated heterocycles. The predicted molar refractivity (Wildman–Crippen MR) is 61.0 cm³/mol. The molecule has 1 heteroatoms. The summed E-state index contributed by atoms with van der Waals surface area (Å²) in [5.74, 6) is 5.86. The maximum absolute atomic E-state index is 5.30.